The van der Waals surface area contributed by atoms with Crippen molar-refractivity contribution in [2.45, 2.75) is 89.3 Å². The molecule has 4 fully saturated rings. The third-order valence-corrected chi connectivity index (χ3v) is 8.04. The second kappa shape index (κ2) is 11.4. The Morgan fingerprint density at radius 3 is 2.50 bits per heavy atom. The number of hydrogen-bond acceptors (Lipinski definition) is 5. The van der Waals surface area contributed by atoms with Crippen LogP contribution in [0.15, 0.2) is 30.3 Å². The van der Waals surface area contributed by atoms with Gasteiger partial charge >= 0.3 is 12.1 Å². The van der Waals surface area contributed by atoms with Gasteiger partial charge in [-0.1, -0.05) is 55.7 Å². The van der Waals surface area contributed by atoms with Crippen LogP contribution in [0.1, 0.15) is 83.3 Å². The zero-order valence-electron chi connectivity index (χ0n) is 22.6. The van der Waals surface area contributed by atoms with Crippen molar-refractivity contribution < 1.29 is 19.1 Å². The van der Waals surface area contributed by atoms with E-state index in [1.54, 1.807) is 11.9 Å². The zero-order valence-corrected chi connectivity index (χ0v) is 22.6. The van der Waals surface area contributed by atoms with Gasteiger partial charge in [-0.05, 0) is 83.0 Å². The zero-order chi connectivity index (χ0) is 25.8. The van der Waals surface area contributed by atoms with E-state index in [9.17, 15) is 9.59 Å². The third kappa shape index (κ3) is 6.50. The molecule has 0 aromatic heterocycles. The van der Waals surface area contributed by atoms with E-state index >= 15 is 0 Å². The van der Waals surface area contributed by atoms with Gasteiger partial charge in [-0.3, -0.25) is 9.69 Å². The van der Waals surface area contributed by atoms with E-state index < -0.39 is 11.0 Å². The smallest absolute Gasteiger partial charge is 0.410 e. The van der Waals surface area contributed by atoms with Crippen molar-refractivity contribution in [2.75, 3.05) is 33.2 Å². The van der Waals surface area contributed by atoms with Gasteiger partial charge in [0.05, 0.1) is 5.41 Å². The number of esters is 1. The molecular weight excluding hydrogens is 452 g/mol. The first-order valence-corrected chi connectivity index (χ1v) is 13.8. The minimum atomic E-state index is -0.537. The number of carbonyl (C=O) groups is 2. The Hall–Kier alpha value is -2.34. The van der Waals surface area contributed by atoms with Crippen LogP contribution in [0.25, 0.3) is 6.08 Å². The van der Waals surface area contributed by atoms with Gasteiger partial charge in [0, 0.05) is 20.1 Å². The first-order chi connectivity index (χ1) is 17.2. The van der Waals surface area contributed by atoms with Crippen molar-refractivity contribution in [3.63, 3.8) is 0 Å². The Bertz CT molecular complexity index is 937. The second-order valence-electron chi connectivity index (χ2n) is 11.9. The molecule has 3 heterocycles. The highest BCUT2D eigenvalue weighted by atomic mass is 16.6. The Labute approximate surface area is 217 Å². The summed E-state index contributed by atoms with van der Waals surface area (Å²) in [5, 5.41) is 0. The van der Waals surface area contributed by atoms with Gasteiger partial charge in [-0.2, -0.15) is 0 Å². The lowest BCUT2D eigenvalue weighted by atomic mass is 9.69. The fourth-order valence-electron chi connectivity index (χ4n) is 5.92. The van der Waals surface area contributed by atoms with Gasteiger partial charge < -0.3 is 14.4 Å². The van der Waals surface area contributed by atoms with Crippen molar-refractivity contribution in [2.24, 2.45) is 5.92 Å². The highest BCUT2D eigenvalue weighted by molar-refractivity contribution is 5.84. The van der Waals surface area contributed by atoms with E-state index in [4.69, 9.17) is 9.47 Å². The van der Waals surface area contributed by atoms with E-state index in [0.717, 1.165) is 75.7 Å². The second-order valence-corrected chi connectivity index (χ2v) is 11.9. The largest absolute Gasteiger partial charge is 0.460 e. The molecule has 5 rings (SSSR count). The lowest BCUT2D eigenvalue weighted by Crippen LogP contribution is -2.53. The summed E-state index contributed by atoms with van der Waals surface area (Å²) in [5.74, 6) is 0.508. The van der Waals surface area contributed by atoms with Gasteiger partial charge in [-0.15, -0.1) is 0 Å². The van der Waals surface area contributed by atoms with Gasteiger partial charge in [0.15, 0.2) is 0 Å². The number of piperidine rings is 3. The van der Waals surface area contributed by atoms with Crippen molar-refractivity contribution >= 4 is 18.1 Å². The van der Waals surface area contributed by atoms with Gasteiger partial charge in [0.25, 0.3) is 0 Å². The normalized spacial score (nSPS) is 25.5. The molecule has 0 N–H and O–H groups in total. The minimum absolute atomic E-state index is 0.0129. The van der Waals surface area contributed by atoms with Crippen LogP contribution in [0.2, 0.25) is 0 Å². The maximum atomic E-state index is 13.8. The van der Waals surface area contributed by atoms with E-state index in [2.05, 4.69) is 41.3 Å². The summed E-state index contributed by atoms with van der Waals surface area (Å²) in [7, 11) is 1.76. The number of amides is 1. The summed E-state index contributed by atoms with van der Waals surface area (Å²) in [4.78, 5) is 30.0. The molecule has 1 aromatic carbocycles. The molecule has 0 radical (unpaired) electrons. The monoisotopic (exact) mass is 496 g/mol. The van der Waals surface area contributed by atoms with E-state index in [1.165, 1.54) is 6.42 Å². The molecule has 36 heavy (non-hydrogen) atoms. The van der Waals surface area contributed by atoms with Crippen molar-refractivity contribution in [1.29, 1.82) is 0 Å². The Kier molecular flexibility index (Phi) is 8.44. The average molecular weight is 497 g/mol. The van der Waals surface area contributed by atoms with Crippen molar-refractivity contribution in [3.8, 4) is 0 Å². The minimum Gasteiger partial charge on any atom is -0.460 e. The standard InChI is InChI=1S/C30H44N2O4/c1-29(2,3)36-28(34)31(4)18-9-6-11-23-12-10-13-25(21-23)30(16-7-5-8-17-30)27(33)35-26-22-32-19-14-24(26)15-20-32/h6,10-13,21,24,26H,5,7-9,14-20,22H2,1-4H3/b11-6+. The molecule has 4 aliphatic rings. The highest BCUT2D eigenvalue weighted by Gasteiger charge is 2.45. The fraction of sp³-hybridized carbons (Fsp3) is 0.667. The van der Waals surface area contributed by atoms with Crippen LogP contribution < -0.4 is 0 Å². The molecule has 6 nitrogen and oxygen atoms in total. The maximum absolute atomic E-state index is 13.8. The predicted molar refractivity (Wildman–Crippen MR) is 143 cm³/mol. The number of rotatable bonds is 7. The predicted octanol–water partition coefficient (Wildman–Crippen LogP) is 5.80. The van der Waals surface area contributed by atoms with Crippen LogP contribution in [0.5, 0.6) is 0 Å². The first kappa shape index (κ1) is 26.7. The quantitative estimate of drug-likeness (QED) is 0.447. The third-order valence-electron chi connectivity index (χ3n) is 8.04. The topological polar surface area (TPSA) is 59.1 Å². The molecule has 3 aliphatic heterocycles. The Morgan fingerprint density at radius 1 is 1.14 bits per heavy atom. The summed E-state index contributed by atoms with van der Waals surface area (Å²) < 4.78 is 11.7. The maximum Gasteiger partial charge on any atom is 0.410 e. The van der Waals surface area contributed by atoms with Crippen LogP contribution >= 0.6 is 0 Å². The molecule has 1 saturated carbocycles. The molecule has 1 unspecified atom stereocenters. The Balaban J connectivity index is 1.41. The van der Waals surface area contributed by atoms with Crippen molar-refractivity contribution in [1.82, 2.24) is 9.80 Å². The number of carbonyl (C=O) groups excluding carboxylic acids is 2. The van der Waals surface area contributed by atoms with Crippen LogP contribution in [0.3, 0.4) is 0 Å². The van der Waals surface area contributed by atoms with Gasteiger partial charge in [0.1, 0.15) is 11.7 Å². The number of benzene rings is 1. The summed E-state index contributed by atoms with van der Waals surface area (Å²) in [5.41, 5.74) is 1.13. The molecule has 1 amide bonds. The molecule has 1 aromatic rings. The van der Waals surface area contributed by atoms with Crippen LogP contribution in [0, 0.1) is 5.92 Å². The summed E-state index contributed by atoms with van der Waals surface area (Å²) in [6.07, 6.45) is 12.0. The van der Waals surface area contributed by atoms with Gasteiger partial charge in [0.2, 0.25) is 0 Å². The molecule has 0 spiro atoms. The van der Waals surface area contributed by atoms with E-state index in [-0.39, 0.29) is 18.2 Å². The fourth-order valence-corrected chi connectivity index (χ4v) is 5.92. The van der Waals surface area contributed by atoms with E-state index in [1.807, 2.05) is 20.8 Å². The van der Waals surface area contributed by atoms with Crippen LogP contribution in [-0.4, -0.2) is 66.8 Å². The average Bonchev–Trinajstić information content (AvgIpc) is 2.87. The molecule has 6 heteroatoms. The van der Waals surface area contributed by atoms with Crippen molar-refractivity contribution in [3.05, 3.63) is 41.5 Å². The molecule has 2 bridgehead atoms. The highest BCUT2D eigenvalue weighted by Crippen LogP contribution is 2.42. The molecule has 198 valence electrons. The lowest BCUT2D eigenvalue weighted by Gasteiger charge is -2.45. The van der Waals surface area contributed by atoms with E-state index in [0.29, 0.717) is 12.5 Å². The number of ether oxygens (including phenoxy) is 2. The summed E-state index contributed by atoms with van der Waals surface area (Å²) in [6, 6.07) is 8.40. The SMILES string of the molecule is CN(CC/C=C/c1cccc(C2(C(=O)OC3CN4CCC3CC4)CCCCC2)c1)C(=O)OC(C)(C)C. The molecule has 3 saturated heterocycles. The molecule has 1 atom stereocenters. The molecular formula is C30H44N2O4. The van der Waals surface area contributed by atoms with Gasteiger partial charge in [-0.25, -0.2) is 4.79 Å². The van der Waals surface area contributed by atoms with Crippen LogP contribution in [-0.2, 0) is 19.7 Å². The lowest BCUT2D eigenvalue weighted by molar-refractivity contribution is -0.167. The summed E-state index contributed by atoms with van der Waals surface area (Å²) >= 11 is 0. The summed E-state index contributed by atoms with van der Waals surface area (Å²) in [6.45, 7) is 9.39. The number of fused-ring (bicyclic) bond motifs is 3. The number of hydrogen-bond donors (Lipinski definition) is 0. The number of nitrogens with zero attached hydrogens (tertiary/aromatic N) is 2. The molecule has 1 aliphatic carbocycles. The van der Waals surface area contributed by atoms with Crippen LogP contribution in [0.4, 0.5) is 4.79 Å². The first-order valence-electron chi connectivity index (χ1n) is 13.8. The Morgan fingerprint density at radius 2 is 1.86 bits per heavy atom.